The van der Waals surface area contributed by atoms with Gasteiger partial charge in [0.1, 0.15) is 6.61 Å². The average molecular weight is 845 g/mol. The Morgan fingerprint density at radius 1 is 0.517 bits per heavy atom. The minimum absolute atomic E-state index is 0.0336. The molecule has 0 fully saturated rings. The number of hydrogen-bond acceptors (Lipinski definition) is 6. The number of aliphatic carboxylic acids is 1. The first-order valence-corrected chi connectivity index (χ1v) is 24.7. The number of nitrogens with zero attached hydrogens (tertiary/aromatic N) is 1. The molecule has 0 rings (SSSR count). The van der Waals surface area contributed by atoms with Gasteiger partial charge in [-0.3, -0.25) is 9.59 Å². The van der Waals surface area contributed by atoms with Crippen LogP contribution >= 0.6 is 0 Å². The maximum atomic E-state index is 12.7. The van der Waals surface area contributed by atoms with Crippen molar-refractivity contribution in [3.63, 3.8) is 0 Å². The Kier molecular flexibility index (Phi) is 41.0. The molecule has 0 radical (unpaired) electrons. The number of carboxylic acid groups (broad SMARTS) is 1. The van der Waals surface area contributed by atoms with Crippen LogP contribution in [0.5, 0.6) is 0 Å². The van der Waals surface area contributed by atoms with Gasteiger partial charge in [0.05, 0.1) is 34.4 Å². The third-order valence-corrected chi connectivity index (χ3v) is 11.0. The van der Waals surface area contributed by atoms with Gasteiger partial charge in [-0.15, -0.1) is 0 Å². The summed E-state index contributed by atoms with van der Waals surface area (Å²) in [5, 5.41) is 9.63. The molecule has 0 saturated heterocycles. The van der Waals surface area contributed by atoms with Crippen molar-refractivity contribution >= 4 is 17.9 Å². The predicted molar refractivity (Wildman–Crippen MR) is 252 cm³/mol. The first kappa shape index (κ1) is 57.3. The third-order valence-electron chi connectivity index (χ3n) is 11.0. The van der Waals surface area contributed by atoms with Gasteiger partial charge >= 0.3 is 17.9 Å². The van der Waals surface area contributed by atoms with Crippen molar-refractivity contribution in [1.82, 2.24) is 0 Å². The molecule has 0 aromatic carbocycles. The monoisotopic (exact) mass is 845 g/mol. The van der Waals surface area contributed by atoms with E-state index in [0.29, 0.717) is 19.3 Å². The van der Waals surface area contributed by atoms with Gasteiger partial charge in [0.25, 0.3) is 0 Å². The second-order valence-corrected chi connectivity index (χ2v) is 17.7. The number of hydrogen-bond donors (Lipinski definition) is 1. The molecule has 0 aliphatic heterocycles. The summed E-state index contributed by atoms with van der Waals surface area (Å²) >= 11 is 0. The van der Waals surface area contributed by atoms with Crippen molar-refractivity contribution in [3.05, 3.63) is 48.6 Å². The number of carbonyl (C=O) groups excluding carboxylic acids is 2. The Labute approximate surface area is 369 Å². The average Bonchev–Trinajstić information content (AvgIpc) is 3.21. The summed E-state index contributed by atoms with van der Waals surface area (Å²) in [4.78, 5) is 37.0. The molecule has 0 bridgehead atoms. The lowest BCUT2D eigenvalue weighted by Crippen LogP contribution is -2.50. The van der Waals surface area contributed by atoms with Gasteiger partial charge in [-0.2, -0.15) is 0 Å². The fourth-order valence-corrected chi connectivity index (χ4v) is 7.22. The molecule has 0 amide bonds. The molecule has 60 heavy (non-hydrogen) atoms. The van der Waals surface area contributed by atoms with E-state index in [1.165, 1.54) is 128 Å². The van der Waals surface area contributed by atoms with Crippen LogP contribution in [0, 0.1) is 0 Å². The number of unbranched alkanes of at least 4 members (excludes halogenated alkanes) is 22. The highest BCUT2D eigenvalue weighted by atomic mass is 16.6. The van der Waals surface area contributed by atoms with Crippen LogP contribution in [0.3, 0.4) is 0 Å². The number of esters is 2. The lowest BCUT2D eigenvalue weighted by molar-refractivity contribution is -0.887. The molecule has 0 aliphatic rings. The van der Waals surface area contributed by atoms with E-state index in [4.69, 9.17) is 14.2 Å². The van der Waals surface area contributed by atoms with Crippen molar-refractivity contribution in [3.8, 4) is 0 Å². The highest BCUT2D eigenvalue weighted by molar-refractivity contribution is 5.72. The van der Waals surface area contributed by atoms with Crippen LogP contribution in [0.4, 0.5) is 0 Å². The molecule has 348 valence electrons. The van der Waals surface area contributed by atoms with Crippen molar-refractivity contribution in [2.75, 3.05) is 41.0 Å². The molecule has 0 saturated carbocycles. The van der Waals surface area contributed by atoms with Crippen molar-refractivity contribution < 1.29 is 38.2 Å². The zero-order valence-corrected chi connectivity index (χ0v) is 39.7. The van der Waals surface area contributed by atoms with Crippen LogP contribution in [0.2, 0.25) is 0 Å². The maximum Gasteiger partial charge on any atom is 0.362 e. The number of ether oxygens (including phenoxy) is 3. The summed E-state index contributed by atoms with van der Waals surface area (Å²) in [6, 6.07) is -0.626. The molecular formula is C52H94NO7+. The van der Waals surface area contributed by atoms with Crippen LogP contribution in [0.15, 0.2) is 48.6 Å². The number of rotatable bonds is 44. The molecule has 8 nitrogen and oxygen atoms in total. The molecule has 2 atom stereocenters. The van der Waals surface area contributed by atoms with Crippen LogP contribution in [0.1, 0.15) is 213 Å². The smallest absolute Gasteiger partial charge is 0.362 e. The highest BCUT2D eigenvalue weighted by Crippen LogP contribution is 2.16. The second-order valence-electron chi connectivity index (χ2n) is 17.7. The van der Waals surface area contributed by atoms with E-state index in [9.17, 15) is 19.5 Å². The van der Waals surface area contributed by atoms with Gasteiger partial charge in [-0.1, -0.05) is 204 Å². The maximum absolute atomic E-state index is 12.7. The van der Waals surface area contributed by atoms with E-state index < -0.39 is 18.1 Å². The Hall–Kier alpha value is -2.71. The van der Waals surface area contributed by atoms with Crippen LogP contribution in [0.25, 0.3) is 0 Å². The molecular weight excluding hydrogens is 751 g/mol. The van der Waals surface area contributed by atoms with E-state index in [2.05, 4.69) is 50.3 Å². The van der Waals surface area contributed by atoms with Gasteiger partial charge in [-0.25, -0.2) is 4.79 Å². The first-order valence-electron chi connectivity index (χ1n) is 24.7. The van der Waals surface area contributed by atoms with E-state index >= 15 is 0 Å². The van der Waals surface area contributed by atoms with Crippen molar-refractivity contribution in [1.29, 1.82) is 0 Å². The van der Waals surface area contributed by atoms with Crippen molar-refractivity contribution in [2.45, 2.75) is 225 Å². The van der Waals surface area contributed by atoms with Crippen molar-refractivity contribution in [2.24, 2.45) is 0 Å². The van der Waals surface area contributed by atoms with E-state index in [1.807, 2.05) is 33.3 Å². The largest absolute Gasteiger partial charge is 0.477 e. The fourth-order valence-electron chi connectivity index (χ4n) is 7.22. The molecule has 2 unspecified atom stereocenters. The molecule has 0 aromatic heterocycles. The quantitative estimate of drug-likeness (QED) is 0.0282. The number of likely N-dealkylation sites (N-methyl/N-ethyl adjacent to an activating group) is 1. The van der Waals surface area contributed by atoms with Gasteiger partial charge in [0.15, 0.2) is 12.1 Å². The molecule has 1 N–H and O–H groups in total. The second kappa shape index (κ2) is 43.0. The summed E-state index contributed by atoms with van der Waals surface area (Å²) in [6.07, 6.45) is 51.9. The van der Waals surface area contributed by atoms with E-state index in [-0.39, 0.29) is 42.7 Å². The third kappa shape index (κ3) is 40.7. The summed E-state index contributed by atoms with van der Waals surface area (Å²) in [6.45, 7) is 4.56. The number of allylic oxidation sites excluding steroid dienone is 8. The van der Waals surface area contributed by atoms with Crippen LogP contribution in [-0.4, -0.2) is 80.6 Å². The highest BCUT2D eigenvalue weighted by Gasteiger charge is 2.31. The predicted octanol–water partition coefficient (Wildman–Crippen LogP) is 14.0. The standard InChI is InChI=1S/C52H93NO7/c1-6-8-10-12-14-16-18-20-21-22-23-24-25-26-27-28-29-31-32-34-36-38-40-42-50(54)59-47-48(46-58-45-44-49(52(56)57)53(3,4)5)60-51(55)43-41-39-37-35-33-30-19-17-15-13-11-9-7-2/h9,11,15,17,30,33,37,39,48-49H,6-8,10,12-14,16,18-29,31-32,34-36,38,40-47H2,1-5H3/p+1/b11-9-,17-15-,33-30-,39-37-. The lowest BCUT2D eigenvalue weighted by atomic mass is 10.0. The van der Waals surface area contributed by atoms with Gasteiger partial charge in [-0.05, 0) is 38.5 Å². The number of carbonyl (C=O) groups is 3. The Bertz CT molecular complexity index is 1120. The SMILES string of the molecule is CC/C=C\C/C=C\C/C=C\C/C=C\CCC(=O)OC(COCCC(C(=O)O)[N+](C)(C)C)COC(=O)CCCCCCCCCCCCCCCCCCCCCCCCC. The Morgan fingerprint density at radius 3 is 1.35 bits per heavy atom. The Morgan fingerprint density at radius 2 is 0.933 bits per heavy atom. The zero-order valence-electron chi connectivity index (χ0n) is 39.7. The summed E-state index contributed by atoms with van der Waals surface area (Å²) in [5.74, 6) is -1.56. The fraction of sp³-hybridized carbons (Fsp3) is 0.788. The van der Waals surface area contributed by atoms with Gasteiger partial charge in [0.2, 0.25) is 0 Å². The minimum atomic E-state index is -0.885. The summed E-state index contributed by atoms with van der Waals surface area (Å²) < 4.78 is 17.2. The van der Waals surface area contributed by atoms with E-state index in [1.54, 1.807) is 0 Å². The van der Waals surface area contributed by atoms with E-state index in [0.717, 1.165) is 44.9 Å². The zero-order chi connectivity index (χ0) is 44.2. The summed E-state index contributed by atoms with van der Waals surface area (Å²) in [5.41, 5.74) is 0. The van der Waals surface area contributed by atoms with Crippen LogP contribution in [-0.2, 0) is 28.6 Å². The topological polar surface area (TPSA) is 99.1 Å². The molecule has 0 heterocycles. The molecule has 0 aliphatic carbocycles. The van der Waals surface area contributed by atoms with Gasteiger partial charge in [0, 0.05) is 19.3 Å². The minimum Gasteiger partial charge on any atom is -0.477 e. The van der Waals surface area contributed by atoms with Crippen LogP contribution < -0.4 is 0 Å². The summed E-state index contributed by atoms with van der Waals surface area (Å²) in [7, 11) is 5.51. The molecule has 0 spiro atoms. The lowest BCUT2D eigenvalue weighted by Gasteiger charge is -2.31. The first-order chi connectivity index (χ1) is 29.1. The molecule has 8 heteroatoms. The number of carboxylic acids is 1. The Balaban J connectivity index is 4.21. The number of quaternary nitrogens is 1. The normalized spacial score (nSPS) is 13.3. The molecule has 0 aromatic rings. The van der Waals surface area contributed by atoms with Gasteiger partial charge < -0.3 is 23.8 Å².